The summed E-state index contributed by atoms with van der Waals surface area (Å²) in [5, 5.41) is 0. The van der Waals surface area contributed by atoms with Crippen LogP contribution in [-0.4, -0.2) is 55.1 Å². The average Bonchev–Trinajstić information content (AvgIpc) is 3.45. The zero-order valence-corrected chi connectivity index (χ0v) is 21.1. The van der Waals surface area contributed by atoms with E-state index in [2.05, 4.69) is 4.99 Å². The summed E-state index contributed by atoms with van der Waals surface area (Å²) in [6.45, 7) is 1.46. The number of hydrogen-bond donors (Lipinski definition) is 0. The Bertz CT molecular complexity index is 1380. The summed E-state index contributed by atoms with van der Waals surface area (Å²) >= 11 is 3.15. The smallest absolute Gasteiger partial charge is 0.252 e. The molecule has 180 valence electrons. The van der Waals surface area contributed by atoms with Crippen molar-refractivity contribution in [2.24, 2.45) is 10.9 Å². The monoisotopic (exact) mass is 519 g/mol. The number of benzene rings is 2. The predicted octanol–water partition coefficient (Wildman–Crippen LogP) is 3.32. The molecule has 3 aromatic rings. The van der Waals surface area contributed by atoms with E-state index in [-0.39, 0.29) is 24.1 Å². The van der Waals surface area contributed by atoms with Crippen LogP contribution in [-0.2, 0) is 21.4 Å². The standard InChI is InChI=1S/C23H25N3O5S3/c1-32-11-10-26-18-12-19-20(31-15-30-19)13-21(18)33-23(26)24-22(27)16-6-5-9-25(14-16)34(28,29)17-7-3-2-4-8-17/h2-4,7-8,12-13,16H,5-6,9-11,14-15H2,1H3. The summed E-state index contributed by atoms with van der Waals surface area (Å²) in [5.74, 6) is 1.50. The number of aromatic nitrogens is 1. The highest BCUT2D eigenvalue weighted by atomic mass is 32.2. The van der Waals surface area contributed by atoms with Crippen LogP contribution in [0.15, 0.2) is 52.4 Å². The normalized spacial score (nSPS) is 19.1. The summed E-state index contributed by atoms with van der Waals surface area (Å²) in [6.07, 6.45) is 3.28. The maximum atomic E-state index is 13.2. The van der Waals surface area contributed by atoms with Crippen molar-refractivity contribution in [3.63, 3.8) is 0 Å². The van der Waals surface area contributed by atoms with Gasteiger partial charge in [0, 0.05) is 37.5 Å². The van der Waals surface area contributed by atoms with Crippen molar-refractivity contribution in [1.82, 2.24) is 8.87 Å². The Labute approximate surface area is 206 Å². The van der Waals surface area contributed by atoms with E-state index in [1.165, 1.54) is 15.6 Å². The number of fused-ring (bicyclic) bond motifs is 2. The molecule has 2 aromatic carbocycles. The van der Waals surface area contributed by atoms with Crippen molar-refractivity contribution in [2.45, 2.75) is 24.3 Å². The number of nitrogens with zero attached hydrogens (tertiary/aromatic N) is 3. The molecule has 3 heterocycles. The van der Waals surface area contributed by atoms with Crippen LogP contribution >= 0.6 is 23.1 Å². The number of rotatable bonds is 6. The average molecular weight is 520 g/mol. The highest BCUT2D eigenvalue weighted by Gasteiger charge is 2.33. The Balaban J connectivity index is 1.45. The minimum atomic E-state index is -3.64. The van der Waals surface area contributed by atoms with Crippen molar-refractivity contribution in [3.8, 4) is 11.5 Å². The highest BCUT2D eigenvalue weighted by Crippen LogP contribution is 2.37. The van der Waals surface area contributed by atoms with Gasteiger partial charge in [0.05, 0.1) is 21.0 Å². The van der Waals surface area contributed by atoms with Crippen LogP contribution in [0.5, 0.6) is 11.5 Å². The van der Waals surface area contributed by atoms with E-state index in [1.54, 1.807) is 42.1 Å². The molecule has 1 unspecified atom stereocenters. The molecule has 0 spiro atoms. The van der Waals surface area contributed by atoms with Crippen LogP contribution in [0.2, 0.25) is 0 Å². The molecule has 0 bridgehead atoms. The molecule has 0 saturated carbocycles. The molecular weight excluding hydrogens is 494 g/mol. The summed E-state index contributed by atoms with van der Waals surface area (Å²) in [7, 11) is -3.64. The number of amides is 1. The van der Waals surface area contributed by atoms with Gasteiger partial charge in [0.25, 0.3) is 5.91 Å². The third-order valence-corrected chi connectivity index (χ3v) is 9.53. The molecule has 1 amide bonds. The largest absolute Gasteiger partial charge is 0.454 e. The van der Waals surface area contributed by atoms with Crippen LogP contribution < -0.4 is 14.3 Å². The lowest BCUT2D eigenvalue weighted by atomic mass is 9.99. The number of sulfonamides is 1. The molecule has 1 atom stereocenters. The van der Waals surface area contributed by atoms with E-state index in [4.69, 9.17) is 9.47 Å². The number of piperidine rings is 1. The first kappa shape index (κ1) is 23.4. The third-order valence-electron chi connectivity index (χ3n) is 6.02. The zero-order chi connectivity index (χ0) is 23.7. The summed E-state index contributed by atoms with van der Waals surface area (Å²) < 4.78 is 41.6. The van der Waals surface area contributed by atoms with Crippen molar-refractivity contribution >= 4 is 49.2 Å². The maximum Gasteiger partial charge on any atom is 0.252 e. The fourth-order valence-corrected chi connectivity index (χ4v) is 7.21. The van der Waals surface area contributed by atoms with E-state index >= 15 is 0 Å². The highest BCUT2D eigenvalue weighted by molar-refractivity contribution is 7.98. The van der Waals surface area contributed by atoms with Crippen LogP contribution in [0, 0.1) is 5.92 Å². The summed E-state index contributed by atoms with van der Waals surface area (Å²) in [4.78, 5) is 18.6. The molecule has 0 N–H and O–H groups in total. The third kappa shape index (κ3) is 4.49. The maximum absolute atomic E-state index is 13.2. The second-order valence-corrected chi connectivity index (χ2v) is 12.1. The first-order valence-corrected chi connectivity index (χ1v) is 14.7. The molecule has 2 aliphatic heterocycles. The van der Waals surface area contributed by atoms with Gasteiger partial charge in [0.2, 0.25) is 16.8 Å². The minimum Gasteiger partial charge on any atom is -0.454 e. The van der Waals surface area contributed by atoms with Crippen LogP contribution in [0.3, 0.4) is 0 Å². The summed E-state index contributed by atoms with van der Waals surface area (Å²) in [5.41, 5.74) is 0.951. The van der Waals surface area contributed by atoms with Gasteiger partial charge in [-0.1, -0.05) is 29.5 Å². The zero-order valence-electron chi connectivity index (χ0n) is 18.7. The van der Waals surface area contributed by atoms with Crippen molar-refractivity contribution < 1.29 is 22.7 Å². The van der Waals surface area contributed by atoms with Gasteiger partial charge in [0.1, 0.15) is 0 Å². The van der Waals surface area contributed by atoms with Gasteiger partial charge >= 0.3 is 0 Å². The van der Waals surface area contributed by atoms with E-state index < -0.39 is 15.9 Å². The van der Waals surface area contributed by atoms with Gasteiger partial charge in [-0.05, 0) is 31.2 Å². The molecule has 0 aliphatic carbocycles. The lowest BCUT2D eigenvalue weighted by molar-refractivity contribution is -0.122. The molecule has 34 heavy (non-hydrogen) atoms. The van der Waals surface area contributed by atoms with Gasteiger partial charge < -0.3 is 14.0 Å². The van der Waals surface area contributed by atoms with Gasteiger partial charge in [-0.25, -0.2) is 8.42 Å². The molecule has 8 nitrogen and oxygen atoms in total. The summed E-state index contributed by atoms with van der Waals surface area (Å²) in [6, 6.07) is 12.2. The van der Waals surface area contributed by atoms with Crippen LogP contribution in [0.25, 0.3) is 10.2 Å². The number of thiazole rings is 1. The van der Waals surface area contributed by atoms with Crippen molar-refractivity contribution in [3.05, 3.63) is 47.3 Å². The fourth-order valence-electron chi connectivity index (χ4n) is 4.23. The fraction of sp³-hybridized carbons (Fsp3) is 0.391. The number of thioether (sulfide) groups is 1. The van der Waals surface area contributed by atoms with Crippen molar-refractivity contribution in [1.29, 1.82) is 0 Å². The number of carbonyl (C=O) groups excluding carboxylic acids is 1. The molecule has 1 aromatic heterocycles. The van der Waals surface area contributed by atoms with Crippen LogP contribution in [0.4, 0.5) is 0 Å². The second kappa shape index (κ2) is 9.73. The molecule has 0 radical (unpaired) electrons. The molecule has 1 fully saturated rings. The molecular formula is C23H25N3O5S3. The predicted molar refractivity (Wildman–Crippen MR) is 133 cm³/mol. The molecule has 11 heteroatoms. The Morgan fingerprint density at radius 3 is 2.74 bits per heavy atom. The quantitative estimate of drug-likeness (QED) is 0.496. The lowest BCUT2D eigenvalue weighted by Crippen LogP contribution is -2.42. The van der Waals surface area contributed by atoms with E-state index in [9.17, 15) is 13.2 Å². The number of aryl methyl sites for hydroxylation is 1. The Kier molecular flexibility index (Phi) is 6.70. The van der Waals surface area contributed by atoms with E-state index in [1.807, 2.05) is 23.0 Å². The van der Waals surface area contributed by atoms with E-state index in [0.717, 1.165) is 16.0 Å². The first-order valence-electron chi connectivity index (χ1n) is 11.0. The number of carbonyl (C=O) groups is 1. The van der Waals surface area contributed by atoms with Gasteiger partial charge in [-0.15, -0.1) is 0 Å². The Hall–Kier alpha value is -2.34. The topological polar surface area (TPSA) is 90.2 Å². The molecule has 5 rings (SSSR count). The van der Waals surface area contributed by atoms with Crippen LogP contribution in [0.1, 0.15) is 12.8 Å². The number of ether oxygens (including phenoxy) is 2. The van der Waals surface area contributed by atoms with Gasteiger partial charge in [-0.3, -0.25) is 4.79 Å². The first-order chi connectivity index (χ1) is 16.5. The Morgan fingerprint density at radius 1 is 1.21 bits per heavy atom. The lowest BCUT2D eigenvalue weighted by Gasteiger charge is -2.30. The number of hydrogen-bond acceptors (Lipinski definition) is 7. The minimum absolute atomic E-state index is 0.144. The SMILES string of the molecule is CSCCn1c(=NC(=O)C2CCCN(S(=O)(=O)c3ccccc3)C2)sc2cc3c(cc21)OCO3. The van der Waals surface area contributed by atoms with Gasteiger partial charge in [-0.2, -0.15) is 21.1 Å². The Morgan fingerprint density at radius 2 is 1.97 bits per heavy atom. The molecule has 1 saturated heterocycles. The van der Waals surface area contributed by atoms with Gasteiger partial charge in [0.15, 0.2) is 16.3 Å². The molecule has 2 aliphatic rings. The van der Waals surface area contributed by atoms with E-state index in [0.29, 0.717) is 42.2 Å². The second-order valence-electron chi connectivity index (χ2n) is 8.17. The van der Waals surface area contributed by atoms with Crippen molar-refractivity contribution in [2.75, 3.05) is 31.9 Å².